The van der Waals surface area contributed by atoms with Crippen molar-refractivity contribution in [2.24, 2.45) is 0 Å². The van der Waals surface area contributed by atoms with Gasteiger partial charge in [0.15, 0.2) is 0 Å². The molecule has 0 spiro atoms. The Bertz CT molecular complexity index is 997. The molecule has 0 unspecified atom stereocenters. The lowest BCUT2D eigenvalue weighted by molar-refractivity contribution is -0.143. The maximum absolute atomic E-state index is 13.2. The number of nitrogens with zero attached hydrogens (tertiary/aromatic N) is 1. The highest BCUT2D eigenvalue weighted by Gasteiger charge is 2.31. The summed E-state index contributed by atoms with van der Waals surface area (Å²) in [6.45, 7) is 5.58. The number of carbonyl (C=O) groups is 3. The van der Waals surface area contributed by atoms with Crippen LogP contribution >= 0.6 is 22.7 Å². The van der Waals surface area contributed by atoms with Gasteiger partial charge in [0.25, 0.3) is 0 Å². The topological polar surface area (TPSA) is 74.6 Å². The van der Waals surface area contributed by atoms with Gasteiger partial charge < -0.3 is 14.0 Å². The van der Waals surface area contributed by atoms with Crippen molar-refractivity contribution in [2.45, 2.75) is 27.3 Å². The lowest BCUT2D eigenvalue weighted by atomic mass is 10.1. The van der Waals surface area contributed by atoms with E-state index in [-0.39, 0.29) is 36.8 Å². The Labute approximate surface area is 164 Å². The number of carbonyl (C=O) groups excluding carboxylic acids is 3. The minimum atomic E-state index is -0.622. The first-order chi connectivity index (χ1) is 13.0. The van der Waals surface area contributed by atoms with E-state index in [9.17, 15) is 14.4 Å². The summed E-state index contributed by atoms with van der Waals surface area (Å²) in [5, 5.41) is 1.81. The quantitative estimate of drug-likeness (QED) is 0.438. The molecule has 3 heterocycles. The summed E-state index contributed by atoms with van der Waals surface area (Å²) >= 11 is 2.73. The Morgan fingerprint density at radius 2 is 1.89 bits per heavy atom. The molecule has 0 bridgehead atoms. The standard InChI is InChI=1S/C19H19NO5S2/c1-4-24-14(21)10-20-12-9-11(3)27-18(12)15(16(20)19(23)25-5-2)17(22)13-7-6-8-26-13/h6-9H,4-5,10H2,1-3H3. The van der Waals surface area contributed by atoms with Gasteiger partial charge in [0.1, 0.15) is 12.2 Å². The highest BCUT2D eigenvalue weighted by Crippen LogP contribution is 2.36. The molecule has 6 nitrogen and oxygen atoms in total. The molecule has 0 amide bonds. The van der Waals surface area contributed by atoms with Crippen molar-refractivity contribution in [3.8, 4) is 0 Å². The van der Waals surface area contributed by atoms with Crippen LogP contribution in [0, 0.1) is 6.92 Å². The minimum absolute atomic E-state index is 0.101. The van der Waals surface area contributed by atoms with Gasteiger partial charge >= 0.3 is 11.9 Å². The molecule has 27 heavy (non-hydrogen) atoms. The third kappa shape index (κ3) is 3.68. The normalized spacial score (nSPS) is 10.9. The Balaban J connectivity index is 2.25. The maximum Gasteiger partial charge on any atom is 0.355 e. The van der Waals surface area contributed by atoms with Gasteiger partial charge in [0.05, 0.1) is 33.9 Å². The smallest absolute Gasteiger partial charge is 0.355 e. The first-order valence-electron chi connectivity index (χ1n) is 8.51. The molecule has 0 aromatic carbocycles. The number of aryl methyl sites for hydroxylation is 1. The molecule has 3 aromatic heterocycles. The molecule has 0 N–H and O–H groups in total. The molecule has 0 aliphatic carbocycles. The van der Waals surface area contributed by atoms with Crippen LogP contribution in [0.4, 0.5) is 0 Å². The number of hydrogen-bond acceptors (Lipinski definition) is 7. The highest BCUT2D eigenvalue weighted by molar-refractivity contribution is 7.19. The number of rotatable bonds is 7. The summed E-state index contributed by atoms with van der Waals surface area (Å²) in [5.41, 5.74) is 1.05. The Morgan fingerprint density at radius 1 is 1.15 bits per heavy atom. The average Bonchev–Trinajstić information content (AvgIpc) is 3.32. The third-order valence-electron chi connectivity index (χ3n) is 3.89. The van der Waals surface area contributed by atoms with E-state index in [1.807, 2.05) is 18.4 Å². The minimum Gasteiger partial charge on any atom is -0.465 e. The molecule has 0 radical (unpaired) electrons. The van der Waals surface area contributed by atoms with Crippen LogP contribution in [0.2, 0.25) is 0 Å². The van der Waals surface area contributed by atoms with Crippen LogP contribution in [0.5, 0.6) is 0 Å². The molecular weight excluding hydrogens is 386 g/mol. The van der Waals surface area contributed by atoms with Gasteiger partial charge in [-0.05, 0) is 38.3 Å². The molecule has 0 atom stereocenters. The third-order valence-corrected chi connectivity index (χ3v) is 5.82. The number of aromatic nitrogens is 1. The van der Waals surface area contributed by atoms with Gasteiger partial charge in [-0.15, -0.1) is 22.7 Å². The second kappa shape index (κ2) is 8.06. The predicted octanol–water partition coefficient (Wildman–Crippen LogP) is 4.04. The monoisotopic (exact) mass is 405 g/mol. The van der Waals surface area contributed by atoms with E-state index in [0.717, 1.165) is 4.88 Å². The van der Waals surface area contributed by atoms with Crippen molar-refractivity contribution in [2.75, 3.05) is 13.2 Å². The summed E-state index contributed by atoms with van der Waals surface area (Å²) in [6.07, 6.45) is 0. The van der Waals surface area contributed by atoms with Gasteiger partial charge in [-0.2, -0.15) is 0 Å². The molecule has 0 fully saturated rings. The number of thiophene rings is 2. The summed E-state index contributed by atoms with van der Waals surface area (Å²) in [7, 11) is 0. The van der Waals surface area contributed by atoms with Crippen LogP contribution < -0.4 is 0 Å². The zero-order valence-corrected chi connectivity index (χ0v) is 16.9. The molecule has 142 valence electrons. The van der Waals surface area contributed by atoms with Crippen LogP contribution in [-0.2, 0) is 20.8 Å². The van der Waals surface area contributed by atoms with E-state index in [1.165, 1.54) is 27.2 Å². The summed E-state index contributed by atoms with van der Waals surface area (Å²) in [4.78, 5) is 39.5. The molecule has 3 rings (SSSR count). The number of ketones is 1. The Hall–Kier alpha value is -2.45. The van der Waals surface area contributed by atoms with Crippen molar-refractivity contribution in [1.82, 2.24) is 4.57 Å². The lowest BCUT2D eigenvalue weighted by Crippen LogP contribution is -2.20. The predicted molar refractivity (Wildman–Crippen MR) is 105 cm³/mol. The van der Waals surface area contributed by atoms with E-state index in [1.54, 1.807) is 26.0 Å². The lowest BCUT2D eigenvalue weighted by Gasteiger charge is -2.10. The van der Waals surface area contributed by atoms with Crippen molar-refractivity contribution in [1.29, 1.82) is 0 Å². The molecule has 0 saturated heterocycles. The van der Waals surface area contributed by atoms with E-state index in [4.69, 9.17) is 9.47 Å². The fraction of sp³-hybridized carbons (Fsp3) is 0.316. The van der Waals surface area contributed by atoms with Crippen molar-refractivity contribution in [3.63, 3.8) is 0 Å². The number of ether oxygens (including phenoxy) is 2. The first kappa shape index (κ1) is 19.3. The van der Waals surface area contributed by atoms with E-state index < -0.39 is 11.9 Å². The Kier molecular flexibility index (Phi) is 5.76. The van der Waals surface area contributed by atoms with Crippen LogP contribution in [0.25, 0.3) is 10.2 Å². The zero-order chi connectivity index (χ0) is 19.6. The van der Waals surface area contributed by atoms with E-state index in [2.05, 4.69) is 0 Å². The van der Waals surface area contributed by atoms with Gasteiger partial charge in [0.2, 0.25) is 5.78 Å². The molecule has 0 aliphatic rings. The number of hydrogen-bond donors (Lipinski definition) is 0. The fourth-order valence-corrected chi connectivity index (χ4v) is 4.62. The molecule has 8 heteroatoms. The van der Waals surface area contributed by atoms with Gasteiger partial charge in [-0.3, -0.25) is 9.59 Å². The van der Waals surface area contributed by atoms with Gasteiger partial charge in [-0.25, -0.2) is 4.79 Å². The van der Waals surface area contributed by atoms with Crippen LogP contribution in [0.15, 0.2) is 23.6 Å². The number of esters is 2. The largest absolute Gasteiger partial charge is 0.465 e. The average molecular weight is 405 g/mol. The first-order valence-corrected chi connectivity index (χ1v) is 10.2. The van der Waals surface area contributed by atoms with Crippen molar-refractivity contribution in [3.05, 3.63) is 44.6 Å². The maximum atomic E-state index is 13.2. The Morgan fingerprint density at radius 3 is 2.52 bits per heavy atom. The second-order valence-corrected chi connectivity index (χ2v) is 7.92. The van der Waals surface area contributed by atoms with Crippen molar-refractivity contribution < 1.29 is 23.9 Å². The van der Waals surface area contributed by atoms with Crippen LogP contribution in [-0.4, -0.2) is 35.5 Å². The summed E-state index contributed by atoms with van der Waals surface area (Å²) < 4.78 is 12.5. The van der Waals surface area contributed by atoms with Crippen LogP contribution in [0.1, 0.15) is 44.4 Å². The SMILES string of the molecule is CCOC(=O)Cn1c(C(=O)OCC)c(C(=O)c2cccs2)c2sc(C)cc21. The molecule has 0 saturated carbocycles. The molecular formula is C19H19NO5S2. The summed E-state index contributed by atoms with van der Waals surface area (Å²) in [6, 6.07) is 5.37. The molecule has 3 aromatic rings. The van der Waals surface area contributed by atoms with Gasteiger partial charge in [-0.1, -0.05) is 6.07 Å². The zero-order valence-electron chi connectivity index (χ0n) is 15.2. The number of fused-ring (bicyclic) bond motifs is 1. The van der Waals surface area contributed by atoms with Gasteiger partial charge in [0, 0.05) is 4.88 Å². The highest BCUT2D eigenvalue weighted by atomic mass is 32.1. The van der Waals surface area contributed by atoms with E-state index in [0.29, 0.717) is 15.1 Å². The summed E-state index contributed by atoms with van der Waals surface area (Å²) in [5.74, 6) is -1.34. The fourth-order valence-electron chi connectivity index (χ4n) is 2.90. The van der Waals surface area contributed by atoms with Crippen LogP contribution in [0.3, 0.4) is 0 Å². The molecule has 0 aliphatic heterocycles. The second-order valence-electron chi connectivity index (χ2n) is 5.71. The van der Waals surface area contributed by atoms with Crippen molar-refractivity contribution >= 4 is 50.6 Å². The van der Waals surface area contributed by atoms with E-state index >= 15 is 0 Å².